The van der Waals surface area contributed by atoms with Crippen molar-refractivity contribution in [1.29, 1.82) is 0 Å². The van der Waals surface area contributed by atoms with Gasteiger partial charge in [-0.25, -0.2) is 0 Å². The Hall–Kier alpha value is -1.79. The molecule has 1 aliphatic carbocycles. The van der Waals surface area contributed by atoms with Crippen LogP contribution in [-0.4, -0.2) is 13.5 Å². The number of hydrogen-bond acceptors (Lipinski definition) is 4. The van der Waals surface area contributed by atoms with E-state index in [0.29, 0.717) is 0 Å². The van der Waals surface area contributed by atoms with Crippen LogP contribution in [0, 0.1) is 0 Å². The number of phenols is 1. The van der Waals surface area contributed by atoms with Crippen LogP contribution in [-0.2, 0) is 23.1 Å². The first kappa shape index (κ1) is 13.2. The molecule has 3 rings (SSSR count). The second-order valence-corrected chi connectivity index (χ2v) is 6.17. The fraction of sp³-hybridized carbons (Fsp3) is 0.286. The van der Waals surface area contributed by atoms with Gasteiger partial charge in [-0.1, -0.05) is 6.07 Å². The van der Waals surface area contributed by atoms with E-state index >= 15 is 0 Å². The molecule has 0 fully saturated rings. The molecule has 2 aromatic rings. The van der Waals surface area contributed by atoms with Crippen LogP contribution in [0.4, 0.5) is 0 Å². The van der Waals surface area contributed by atoms with Crippen molar-refractivity contribution in [2.24, 2.45) is 5.14 Å². The predicted molar refractivity (Wildman–Crippen MR) is 76.0 cm³/mol. The molecule has 5 nitrogen and oxygen atoms in total. The smallest absolute Gasteiger partial charge is 0.380 e. The van der Waals surface area contributed by atoms with Gasteiger partial charge in [-0.2, -0.15) is 13.6 Å². The summed E-state index contributed by atoms with van der Waals surface area (Å²) in [6.07, 6.45) is 3.99. The lowest BCUT2D eigenvalue weighted by atomic mass is 9.87. The number of phenolic OH excluding ortho intramolecular Hbond substituents is 1. The summed E-state index contributed by atoms with van der Waals surface area (Å²) in [4.78, 5) is 0. The highest BCUT2D eigenvalue weighted by molar-refractivity contribution is 7.84. The number of aromatic hydroxyl groups is 1. The molecule has 0 bridgehead atoms. The highest BCUT2D eigenvalue weighted by Gasteiger charge is 2.17. The van der Waals surface area contributed by atoms with Gasteiger partial charge in [-0.3, -0.25) is 0 Å². The van der Waals surface area contributed by atoms with E-state index in [9.17, 15) is 13.5 Å². The van der Waals surface area contributed by atoms with E-state index in [-0.39, 0.29) is 11.5 Å². The molecular weight excluding hydrogens is 278 g/mol. The molecule has 3 N–H and O–H groups in total. The molecule has 0 spiro atoms. The number of hydrogen-bond donors (Lipinski definition) is 2. The molecule has 20 heavy (non-hydrogen) atoms. The van der Waals surface area contributed by atoms with Crippen molar-refractivity contribution < 1.29 is 17.7 Å². The van der Waals surface area contributed by atoms with Crippen molar-refractivity contribution in [1.82, 2.24) is 0 Å². The molecule has 2 aromatic carbocycles. The molecule has 0 unspecified atom stereocenters. The van der Waals surface area contributed by atoms with Gasteiger partial charge in [0, 0.05) is 0 Å². The summed E-state index contributed by atoms with van der Waals surface area (Å²) in [5.74, 6) is 0.412. The summed E-state index contributed by atoms with van der Waals surface area (Å²) in [6, 6.07) is 6.63. The van der Waals surface area contributed by atoms with Crippen molar-refractivity contribution in [3.63, 3.8) is 0 Å². The van der Waals surface area contributed by atoms with Crippen molar-refractivity contribution in [3.05, 3.63) is 35.4 Å². The van der Waals surface area contributed by atoms with Crippen LogP contribution < -0.4 is 9.32 Å². The number of rotatable bonds is 2. The monoisotopic (exact) mass is 293 g/mol. The van der Waals surface area contributed by atoms with E-state index in [0.717, 1.165) is 47.6 Å². The first-order valence-corrected chi connectivity index (χ1v) is 7.91. The molecule has 0 aromatic heterocycles. The van der Waals surface area contributed by atoms with Gasteiger partial charge in [0.2, 0.25) is 0 Å². The molecule has 0 aliphatic heterocycles. The molecule has 0 saturated carbocycles. The Kier molecular flexibility index (Phi) is 3.07. The van der Waals surface area contributed by atoms with Gasteiger partial charge in [-0.05, 0) is 65.8 Å². The van der Waals surface area contributed by atoms with E-state index in [1.165, 1.54) is 0 Å². The zero-order chi connectivity index (χ0) is 14.3. The van der Waals surface area contributed by atoms with E-state index in [4.69, 9.17) is 5.14 Å². The zero-order valence-corrected chi connectivity index (χ0v) is 11.6. The summed E-state index contributed by atoms with van der Waals surface area (Å²) < 4.78 is 26.5. The third-order valence-corrected chi connectivity index (χ3v) is 4.05. The average molecular weight is 293 g/mol. The van der Waals surface area contributed by atoms with Crippen LogP contribution in [0.5, 0.6) is 11.5 Å². The van der Waals surface area contributed by atoms with Crippen LogP contribution in [0.15, 0.2) is 24.3 Å². The molecular formula is C14H15NO4S. The molecule has 106 valence electrons. The topological polar surface area (TPSA) is 89.6 Å². The third-order valence-electron chi connectivity index (χ3n) is 3.63. The Labute approximate surface area is 117 Å². The SMILES string of the molecule is NS(=O)(=O)Oc1ccc2c3c(c(O)cc2c1)CCCC3. The Balaban J connectivity index is 2.16. The molecule has 0 radical (unpaired) electrons. The number of aryl methyl sites for hydroxylation is 1. The normalized spacial score (nSPS) is 15.1. The number of benzene rings is 2. The van der Waals surface area contributed by atoms with Gasteiger partial charge in [0.05, 0.1) is 0 Å². The van der Waals surface area contributed by atoms with Crippen LogP contribution in [0.25, 0.3) is 10.8 Å². The highest BCUT2D eigenvalue weighted by atomic mass is 32.2. The highest BCUT2D eigenvalue weighted by Crippen LogP contribution is 2.36. The van der Waals surface area contributed by atoms with Gasteiger partial charge in [0.25, 0.3) is 0 Å². The summed E-state index contributed by atoms with van der Waals surface area (Å²) in [6.45, 7) is 0. The standard InChI is InChI=1S/C14H15NO4S/c15-20(17,18)19-10-5-6-11-9(7-10)8-14(16)13-4-2-1-3-12(11)13/h5-8,16H,1-4H2,(H2,15,17,18). The molecule has 0 atom stereocenters. The van der Waals surface area contributed by atoms with Crippen LogP contribution in [0.2, 0.25) is 0 Å². The quantitative estimate of drug-likeness (QED) is 0.886. The maximum Gasteiger partial charge on any atom is 0.380 e. The summed E-state index contributed by atoms with van der Waals surface area (Å²) >= 11 is 0. The van der Waals surface area contributed by atoms with Gasteiger partial charge in [0.1, 0.15) is 11.5 Å². The lowest BCUT2D eigenvalue weighted by Gasteiger charge is -2.19. The fourth-order valence-corrected chi connectivity index (χ4v) is 3.21. The second-order valence-electron chi connectivity index (χ2n) is 5.02. The summed E-state index contributed by atoms with van der Waals surface area (Å²) in [5.41, 5.74) is 2.15. The molecule has 6 heteroatoms. The van der Waals surface area contributed by atoms with E-state index in [1.807, 2.05) is 6.07 Å². The van der Waals surface area contributed by atoms with Crippen LogP contribution in [0.1, 0.15) is 24.0 Å². The maximum absolute atomic E-state index is 10.9. The van der Waals surface area contributed by atoms with E-state index in [2.05, 4.69) is 4.18 Å². The van der Waals surface area contributed by atoms with Crippen molar-refractivity contribution in [3.8, 4) is 11.5 Å². The summed E-state index contributed by atoms with van der Waals surface area (Å²) in [5, 5.41) is 16.7. The Morgan fingerprint density at radius 3 is 2.50 bits per heavy atom. The van der Waals surface area contributed by atoms with Crippen molar-refractivity contribution >= 4 is 21.1 Å². The Morgan fingerprint density at radius 1 is 1.10 bits per heavy atom. The Bertz CT molecular complexity index is 783. The van der Waals surface area contributed by atoms with Gasteiger partial charge in [0.15, 0.2) is 0 Å². The fourth-order valence-electron chi connectivity index (χ4n) is 2.84. The minimum atomic E-state index is -4.04. The van der Waals surface area contributed by atoms with Gasteiger partial charge < -0.3 is 9.29 Å². The largest absolute Gasteiger partial charge is 0.508 e. The number of fused-ring (bicyclic) bond motifs is 3. The first-order chi connectivity index (χ1) is 9.44. The van der Waals surface area contributed by atoms with Crippen LogP contribution >= 0.6 is 0 Å². The zero-order valence-electron chi connectivity index (χ0n) is 10.8. The second kappa shape index (κ2) is 4.64. The molecule has 0 saturated heterocycles. The van der Waals surface area contributed by atoms with E-state index in [1.54, 1.807) is 18.2 Å². The maximum atomic E-state index is 10.9. The first-order valence-electron chi connectivity index (χ1n) is 6.44. The molecule has 0 amide bonds. The number of nitrogens with two attached hydrogens (primary N) is 1. The average Bonchev–Trinajstić information content (AvgIpc) is 2.37. The lowest BCUT2D eigenvalue weighted by molar-refractivity contribution is 0.463. The van der Waals surface area contributed by atoms with Gasteiger partial charge >= 0.3 is 10.3 Å². The molecule has 1 aliphatic rings. The minimum Gasteiger partial charge on any atom is -0.508 e. The predicted octanol–water partition coefficient (Wildman–Crippen LogP) is 2.01. The summed E-state index contributed by atoms with van der Waals surface area (Å²) in [7, 11) is -4.04. The lowest BCUT2D eigenvalue weighted by Crippen LogP contribution is -2.18. The van der Waals surface area contributed by atoms with Crippen molar-refractivity contribution in [2.45, 2.75) is 25.7 Å². The molecule has 0 heterocycles. The van der Waals surface area contributed by atoms with Gasteiger partial charge in [-0.15, -0.1) is 0 Å². The van der Waals surface area contributed by atoms with Crippen LogP contribution in [0.3, 0.4) is 0 Å². The Morgan fingerprint density at radius 2 is 1.80 bits per heavy atom. The van der Waals surface area contributed by atoms with E-state index < -0.39 is 10.3 Å². The third kappa shape index (κ3) is 2.44. The minimum absolute atomic E-state index is 0.148. The van der Waals surface area contributed by atoms with Crippen molar-refractivity contribution in [2.75, 3.05) is 0 Å².